The van der Waals surface area contributed by atoms with Crippen molar-refractivity contribution < 1.29 is 14.3 Å². The summed E-state index contributed by atoms with van der Waals surface area (Å²) in [6.45, 7) is 0.731. The quantitative estimate of drug-likeness (QED) is 0.434. The summed E-state index contributed by atoms with van der Waals surface area (Å²) in [4.78, 5) is 24.0. The molecule has 1 fully saturated rings. The molecule has 2 N–H and O–H groups in total. The summed E-state index contributed by atoms with van der Waals surface area (Å²) in [5.41, 5.74) is 2.01. The lowest BCUT2D eigenvalue weighted by molar-refractivity contribution is -0.121. The van der Waals surface area contributed by atoms with Crippen molar-refractivity contribution in [3.05, 3.63) is 48.0 Å². The number of ether oxygens (including phenoxy) is 2. The molecule has 1 aliphatic carbocycles. The lowest BCUT2D eigenvalue weighted by Crippen LogP contribution is -2.34. The summed E-state index contributed by atoms with van der Waals surface area (Å²) in [7, 11) is 7.25. The first kappa shape index (κ1) is 25.5. The van der Waals surface area contributed by atoms with E-state index in [0.29, 0.717) is 42.2 Å². The summed E-state index contributed by atoms with van der Waals surface area (Å²) in [6.07, 6.45) is 5.35. The van der Waals surface area contributed by atoms with Crippen molar-refractivity contribution in [2.45, 2.75) is 44.6 Å². The maximum atomic E-state index is 12.4. The predicted octanol–water partition coefficient (Wildman–Crippen LogP) is 4.43. The molecule has 3 aromatic rings. The second-order valence-electron chi connectivity index (χ2n) is 9.64. The summed E-state index contributed by atoms with van der Waals surface area (Å²) in [5.74, 6) is 3.58. The fourth-order valence-electron chi connectivity index (χ4n) is 4.80. The number of aromatic nitrogens is 2. The Kier molecular flexibility index (Phi) is 8.46. The van der Waals surface area contributed by atoms with Crippen LogP contribution in [0.5, 0.6) is 11.5 Å². The largest absolute Gasteiger partial charge is 0.493 e. The van der Waals surface area contributed by atoms with Gasteiger partial charge in [0, 0.05) is 38.5 Å². The van der Waals surface area contributed by atoms with Gasteiger partial charge < -0.3 is 25.0 Å². The van der Waals surface area contributed by atoms with E-state index in [0.717, 1.165) is 54.5 Å². The van der Waals surface area contributed by atoms with Gasteiger partial charge in [0.2, 0.25) is 11.9 Å². The van der Waals surface area contributed by atoms with Crippen molar-refractivity contribution in [2.75, 3.05) is 45.1 Å². The highest BCUT2D eigenvalue weighted by molar-refractivity contribution is 5.90. The second-order valence-corrected chi connectivity index (χ2v) is 9.64. The van der Waals surface area contributed by atoms with E-state index in [4.69, 9.17) is 19.4 Å². The van der Waals surface area contributed by atoms with Gasteiger partial charge >= 0.3 is 0 Å². The molecular weight excluding hydrogens is 454 g/mol. The number of amides is 1. The van der Waals surface area contributed by atoms with Gasteiger partial charge in [-0.3, -0.25) is 4.79 Å². The van der Waals surface area contributed by atoms with Crippen molar-refractivity contribution in [3.8, 4) is 11.5 Å². The standard InChI is InChI=1S/C28H37N5O3/c1-33(2)27-22-7-5-6-8-23(22)31-28(32-27)30-21-13-9-20(10-14-21)18-29-26(34)16-12-19-11-15-24(35-3)25(17-19)36-4/h5-8,11,15,17,20-21H,9-10,12-14,16,18H2,1-4H3,(H,29,34)(H,30,31,32)/t20-,21+. The molecule has 0 radical (unpaired) electrons. The van der Waals surface area contributed by atoms with E-state index in [2.05, 4.69) is 16.7 Å². The first-order valence-corrected chi connectivity index (χ1v) is 12.6. The molecular formula is C28H37N5O3. The predicted molar refractivity (Wildman–Crippen MR) is 144 cm³/mol. The summed E-state index contributed by atoms with van der Waals surface area (Å²) < 4.78 is 10.6. The van der Waals surface area contributed by atoms with Gasteiger partial charge in [-0.2, -0.15) is 4.98 Å². The van der Waals surface area contributed by atoms with Crippen LogP contribution in [0.4, 0.5) is 11.8 Å². The number of methoxy groups -OCH3 is 2. The molecule has 8 heteroatoms. The van der Waals surface area contributed by atoms with Crippen molar-refractivity contribution in [1.29, 1.82) is 0 Å². The molecule has 36 heavy (non-hydrogen) atoms. The number of hydrogen-bond donors (Lipinski definition) is 2. The molecule has 0 aliphatic heterocycles. The van der Waals surface area contributed by atoms with E-state index in [1.54, 1.807) is 14.2 Å². The van der Waals surface area contributed by atoms with Crippen molar-refractivity contribution in [3.63, 3.8) is 0 Å². The number of benzene rings is 2. The van der Waals surface area contributed by atoms with E-state index in [9.17, 15) is 4.79 Å². The SMILES string of the molecule is COc1ccc(CCC(=O)NC[C@H]2CC[C@@H](Nc3nc(N(C)C)c4ccccc4n3)CC2)cc1OC. The molecule has 2 aromatic carbocycles. The van der Waals surface area contributed by atoms with E-state index in [1.807, 2.05) is 55.4 Å². The Bertz CT molecular complexity index is 1180. The molecule has 0 unspecified atom stereocenters. The molecule has 1 saturated carbocycles. The van der Waals surface area contributed by atoms with Gasteiger partial charge in [0.05, 0.1) is 19.7 Å². The molecule has 1 aliphatic rings. The topological polar surface area (TPSA) is 88.6 Å². The highest BCUT2D eigenvalue weighted by Crippen LogP contribution is 2.29. The highest BCUT2D eigenvalue weighted by atomic mass is 16.5. The molecule has 1 amide bonds. The number of nitrogens with zero attached hydrogens (tertiary/aromatic N) is 3. The molecule has 0 atom stereocenters. The van der Waals surface area contributed by atoms with Gasteiger partial charge in [-0.1, -0.05) is 18.2 Å². The van der Waals surface area contributed by atoms with E-state index in [1.165, 1.54) is 0 Å². The van der Waals surface area contributed by atoms with Crippen molar-refractivity contribution in [2.24, 2.45) is 5.92 Å². The maximum Gasteiger partial charge on any atom is 0.225 e. The molecule has 1 heterocycles. The van der Waals surface area contributed by atoms with Crippen molar-refractivity contribution >= 4 is 28.6 Å². The van der Waals surface area contributed by atoms with Crippen LogP contribution in [0.1, 0.15) is 37.7 Å². The molecule has 8 nitrogen and oxygen atoms in total. The molecule has 1 aromatic heterocycles. The Hall–Kier alpha value is -3.55. The van der Waals surface area contributed by atoms with Gasteiger partial charge in [-0.15, -0.1) is 0 Å². The normalized spacial score (nSPS) is 17.4. The average Bonchev–Trinajstić information content (AvgIpc) is 2.90. The van der Waals surface area contributed by atoms with Gasteiger partial charge in [0.1, 0.15) is 5.82 Å². The Balaban J connectivity index is 1.22. The summed E-state index contributed by atoms with van der Waals surface area (Å²) >= 11 is 0. The van der Waals surface area contributed by atoms with Crippen molar-refractivity contribution in [1.82, 2.24) is 15.3 Å². The Morgan fingerprint density at radius 2 is 1.75 bits per heavy atom. The van der Waals surface area contributed by atoms with Crippen LogP contribution in [0, 0.1) is 5.92 Å². The molecule has 0 bridgehead atoms. The maximum absolute atomic E-state index is 12.4. The number of carbonyl (C=O) groups excluding carboxylic acids is 1. The zero-order valence-corrected chi connectivity index (χ0v) is 21.7. The third-order valence-electron chi connectivity index (χ3n) is 6.86. The number of para-hydroxylation sites is 1. The third-order valence-corrected chi connectivity index (χ3v) is 6.86. The highest BCUT2D eigenvalue weighted by Gasteiger charge is 2.22. The molecule has 0 spiro atoms. The van der Waals surface area contributed by atoms with Crippen LogP contribution >= 0.6 is 0 Å². The van der Waals surface area contributed by atoms with Crippen LogP contribution in [-0.2, 0) is 11.2 Å². The smallest absolute Gasteiger partial charge is 0.225 e. The molecule has 192 valence electrons. The number of carbonyl (C=O) groups is 1. The molecule has 4 rings (SSSR count). The first-order valence-electron chi connectivity index (χ1n) is 12.6. The monoisotopic (exact) mass is 491 g/mol. The third kappa shape index (κ3) is 6.36. The second kappa shape index (κ2) is 11.9. The zero-order valence-electron chi connectivity index (χ0n) is 21.7. The lowest BCUT2D eigenvalue weighted by atomic mass is 9.86. The van der Waals surface area contributed by atoms with E-state index < -0.39 is 0 Å². The number of nitrogens with one attached hydrogen (secondary N) is 2. The number of rotatable bonds is 10. The minimum absolute atomic E-state index is 0.0887. The minimum Gasteiger partial charge on any atom is -0.493 e. The first-order chi connectivity index (χ1) is 17.5. The fourth-order valence-corrected chi connectivity index (χ4v) is 4.80. The van der Waals surface area contributed by atoms with Gasteiger partial charge in [0.15, 0.2) is 11.5 Å². The van der Waals surface area contributed by atoms with Crippen LogP contribution < -0.4 is 25.0 Å². The van der Waals surface area contributed by atoms with Gasteiger partial charge in [0.25, 0.3) is 0 Å². The van der Waals surface area contributed by atoms with Gasteiger partial charge in [-0.05, 0) is 67.9 Å². The number of hydrogen-bond acceptors (Lipinski definition) is 7. The minimum atomic E-state index is 0.0887. The number of aryl methyl sites for hydroxylation is 1. The average molecular weight is 492 g/mol. The fraction of sp³-hybridized carbons (Fsp3) is 0.464. The summed E-state index contributed by atoms with van der Waals surface area (Å²) in [5, 5.41) is 7.74. The number of anilines is 2. The zero-order chi connectivity index (χ0) is 25.5. The number of fused-ring (bicyclic) bond motifs is 1. The van der Waals surface area contributed by atoms with Crippen LogP contribution in [-0.4, -0.2) is 56.8 Å². The van der Waals surface area contributed by atoms with Crippen LogP contribution in [0.3, 0.4) is 0 Å². The summed E-state index contributed by atoms with van der Waals surface area (Å²) in [6, 6.07) is 14.2. The van der Waals surface area contributed by atoms with E-state index in [-0.39, 0.29) is 5.91 Å². The van der Waals surface area contributed by atoms with Crippen LogP contribution in [0.25, 0.3) is 10.9 Å². The van der Waals surface area contributed by atoms with Crippen LogP contribution in [0.2, 0.25) is 0 Å². The van der Waals surface area contributed by atoms with E-state index >= 15 is 0 Å². The lowest BCUT2D eigenvalue weighted by Gasteiger charge is -2.29. The molecule has 0 saturated heterocycles. The van der Waals surface area contributed by atoms with Gasteiger partial charge in [-0.25, -0.2) is 4.98 Å². The Morgan fingerprint density at radius 3 is 2.47 bits per heavy atom. The Morgan fingerprint density at radius 1 is 1.00 bits per heavy atom. The van der Waals surface area contributed by atoms with Crippen LogP contribution in [0.15, 0.2) is 42.5 Å². The Labute approximate surface area is 213 Å².